The Balaban J connectivity index is 2.28. The average molecular weight is 300 g/mol. The lowest BCUT2D eigenvalue weighted by Crippen LogP contribution is -2.42. The minimum Gasteiger partial charge on any atom is -0.396 e. The normalized spacial score (nSPS) is 21.0. The van der Waals surface area contributed by atoms with Crippen molar-refractivity contribution < 1.29 is 13.2 Å². The predicted octanol–water partition coefficient (Wildman–Crippen LogP) is 0.134. The number of carbonyl (C=O) groups excluding carboxylic acids is 1. The summed E-state index contributed by atoms with van der Waals surface area (Å²) >= 11 is 0. The quantitative estimate of drug-likeness (QED) is 0.852. The van der Waals surface area contributed by atoms with Gasteiger partial charge in [-0.1, -0.05) is 0 Å². The molecule has 112 valence electrons. The average Bonchev–Trinajstić information content (AvgIpc) is 2.93. The predicted molar refractivity (Wildman–Crippen MR) is 76.1 cm³/mol. The van der Waals surface area contributed by atoms with Crippen molar-refractivity contribution in [2.45, 2.75) is 32.9 Å². The van der Waals surface area contributed by atoms with Crippen molar-refractivity contribution in [3.8, 4) is 0 Å². The summed E-state index contributed by atoms with van der Waals surface area (Å²) in [6, 6.07) is -0.267. The molecule has 1 aliphatic heterocycles. The molecule has 7 nitrogen and oxygen atoms in total. The fraction of sp³-hybridized carbons (Fsp3) is 0.667. The molecular formula is C12H20N4O3S. The van der Waals surface area contributed by atoms with Gasteiger partial charge in [-0.05, 0) is 20.3 Å². The number of aryl methyl sites for hydroxylation is 1. The van der Waals surface area contributed by atoms with Gasteiger partial charge < -0.3 is 10.6 Å². The zero-order valence-corrected chi connectivity index (χ0v) is 12.6. The first-order valence-electron chi connectivity index (χ1n) is 6.72. The van der Waals surface area contributed by atoms with Crippen molar-refractivity contribution in [1.29, 1.82) is 0 Å². The highest BCUT2D eigenvalue weighted by Gasteiger charge is 2.35. The summed E-state index contributed by atoms with van der Waals surface area (Å²) in [5.74, 6) is -0.0667. The molecule has 0 spiro atoms. The van der Waals surface area contributed by atoms with Gasteiger partial charge in [0.1, 0.15) is 5.69 Å². The molecule has 2 rings (SSSR count). The molecule has 1 aliphatic rings. The monoisotopic (exact) mass is 300 g/mol. The molecule has 8 heteroatoms. The molecule has 0 radical (unpaired) electrons. The van der Waals surface area contributed by atoms with E-state index in [0.29, 0.717) is 30.9 Å². The van der Waals surface area contributed by atoms with Gasteiger partial charge in [-0.25, -0.2) is 8.42 Å². The molecule has 0 bridgehead atoms. The Bertz CT molecular complexity index is 608. The number of nitrogens with two attached hydrogens (primary N) is 1. The number of aromatic nitrogens is 2. The fourth-order valence-corrected chi connectivity index (χ4v) is 4.33. The van der Waals surface area contributed by atoms with E-state index in [9.17, 15) is 13.2 Å². The molecule has 2 heterocycles. The molecule has 2 N–H and O–H groups in total. The van der Waals surface area contributed by atoms with E-state index in [0.717, 1.165) is 0 Å². The van der Waals surface area contributed by atoms with Gasteiger partial charge in [-0.15, -0.1) is 0 Å². The number of hydrogen-bond donors (Lipinski definition) is 1. The van der Waals surface area contributed by atoms with E-state index in [1.165, 1.54) is 6.20 Å². The molecule has 1 aromatic rings. The number of amides is 1. The highest BCUT2D eigenvalue weighted by molar-refractivity contribution is 7.91. The third kappa shape index (κ3) is 2.65. The van der Waals surface area contributed by atoms with E-state index >= 15 is 0 Å². The Morgan fingerprint density at radius 1 is 1.55 bits per heavy atom. The second-order valence-corrected chi connectivity index (χ2v) is 7.14. The largest absolute Gasteiger partial charge is 0.396 e. The molecule has 1 fully saturated rings. The standard InChI is InChI=1S/C12H20N4O3S/c1-3-15(9-5-6-20(18,19)8-9)12(17)11-10(13)7-14-16(11)4-2/h7,9H,3-6,8,13H2,1-2H3. The van der Waals surface area contributed by atoms with Crippen LogP contribution in [0.15, 0.2) is 6.20 Å². The van der Waals surface area contributed by atoms with Crippen LogP contribution in [0.25, 0.3) is 0 Å². The maximum atomic E-state index is 12.6. The number of nitrogen functional groups attached to an aromatic ring is 1. The SMILES string of the molecule is CCN(C(=O)c1c(N)cnn1CC)C1CCS(=O)(=O)C1. The first-order chi connectivity index (χ1) is 9.39. The lowest BCUT2D eigenvalue weighted by Gasteiger charge is -2.27. The van der Waals surface area contributed by atoms with Gasteiger partial charge in [-0.2, -0.15) is 5.10 Å². The van der Waals surface area contributed by atoms with Gasteiger partial charge in [0.2, 0.25) is 0 Å². The zero-order valence-electron chi connectivity index (χ0n) is 11.7. The molecule has 0 aromatic carbocycles. The molecule has 1 atom stereocenters. The zero-order chi connectivity index (χ0) is 14.9. The topological polar surface area (TPSA) is 98.3 Å². The molecule has 1 unspecified atom stereocenters. The van der Waals surface area contributed by atoms with Crippen molar-refractivity contribution in [2.24, 2.45) is 0 Å². The Labute approximate surface area is 118 Å². The van der Waals surface area contributed by atoms with Crippen LogP contribution in [0.4, 0.5) is 5.69 Å². The molecular weight excluding hydrogens is 280 g/mol. The van der Waals surface area contributed by atoms with Crippen LogP contribution in [-0.2, 0) is 16.4 Å². The number of carbonyl (C=O) groups is 1. The van der Waals surface area contributed by atoms with Crippen molar-refractivity contribution >= 4 is 21.4 Å². The first kappa shape index (κ1) is 14.8. The second kappa shape index (κ2) is 5.43. The van der Waals surface area contributed by atoms with Gasteiger partial charge in [-0.3, -0.25) is 9.48 Å². The van der Waals surface area contributed by atoms with Crippen LogP contribution in [0.2, 0.25) is 0 Å². The van der Waals surface area contributed by atoms with Gasteiger partial charge >= 0.3 is 0 Å². The Hall–Kier alpha value is -1.57. The lowest BCUT2D eigenvalue weighted by molar-refractivity contribution is 0.0697. The maximum Gasteiger partial charge on any atom is 0.274 e. The Kier molecular flexibility index (Phi) is 4.03. The lowest BCUT2D eigenvalue weighted by atomic mass is 10.2. The van der Waals surface area contributed by atoms with Crippen molar-refractivity contribution in [3.63, 3.8) is 0 Å². The fourth-order valence-electron chi connectivity index (χ4n) is 2.60. The van der Waals surface area contributed by atoms with Crippen LogP contribution in [0.3, 0.4) is 0 Å². The van der Waals surface area contributed by atoms with Crippen LogP contribution in [0.5, 0.6) is 0 Å². The summed E-state index contributed by atoms with van der Waals surface area (Å²) in [5.41, 5.74) is 6.49. The van der Waals surface area contributed by atoms with E-state index in [4.69, 9.17) is 5.73 Å². The van der Waals surface area contributed by atoms with Crippen molar-refractivity contribution in [2.75, 3.05) is 23.8 Å². The van der Waals surface area contributed by atoms with Gasteiger partial charge in [0.25, 0.3) is 5.91 Å². The summed E-state index contributed by atoms with van der Waals surface area (Å²) in [6.07, 6.45) is 1.94. The number of rotatable bonds is 4. The van der Waals surface area contributed by atoms with E-state index in [-0.39, 0.29) is 23.5 Å². The van der Waals surface area contributed by atoms with E-state index in [2.05, 4.69) is 5.10 Å². The maximum absolute atomic E-state index is 12.6. The number of sulfone groups is 1. The molecule has 0 aliphatic carbocycles. The van der Waals surface area contributed by atoms with Crippen LogP contribution in [0.1, 0.15) is 30.8 Å². The summed E-state index contributed by atoms with van der Waals surface area (Å²) in [5, 5.41) is 4.05. The van der Waals surface area contributed by atoms with Gasteiger partial charge in [0.05, 0.1) is 23.4 Å². The van der Waals surface area contributed by atoms with E-state index in [1.54, 1.807) is 9.58 Å². The number of hydrogen-bond acceptors (Lipinski definition) is 5. The third-order valence-corrected chi connectivity index (χ3v) is 5.37. The molecule has 1 saturated heterocycles. The van der Waals surface area contributed by atoms with E-state index < -0.39 is 9.84 Å². The molecule has 0 saturated carbocycles. The smallest absolute Gasteiger partial charge is 0.274 e. The van der Waals surface area contributed by atoms with Crippen LogP contribution >= 0.6 is 0 Å². The Morgan fingerprint density at radius 3 is 2.75 bits per heavy atom. The third-order valence-electron chi connectivity index (χ3n) is 3.62. The minimum absolute atomic E-state index is 0.0345. The van der Waals surface area contributed by atoms with E-state index in [1.807, 2.05) is 13.8 Å². The molecule has 1 aromatic heterocycles. The van der Waals surface area contributed by atoms with Crippen molar-refractivity contribution in [1.82, 2.24) is 14.7 Å². The van der Waals surface area contributed by atoms with Crippen molar-refractivity contribution in [3.05, 3.63) is 11.9 Å². The number of anilines is 1. The molecule has 20 heavy (non-hydrogen) atoms. The summed E-state index contributed by atoms with van der Waals surface area (Å²) in [7, 11) is -3.03. The summed E-state index contributed by atoms with van der Waals surface area (Å²) < 4.78 is 24.7. The summed E-state index contributed by atoms with van der Waals surface area (Å²) in [4.78, 5) is 14.2. The first-order valence-corrected chi connectivity index (χ1v) is 8.54. The van der Waals surface area contributed by atoms with Gasteiger partial charge in [0.15, 0.2) is 9.84 Å². The van der Waals surface area contributed by atoms with Crippen LogP contribution < -0.4 is 5.73 Å². The number of nitrogens with zero attached hydrogens (tertiary/aromatic N) is 3. The minimum atomic E-state index is -3.03. The van der Waals surface area contributed by atoms with Crippen LogP contribution in [0, 0.1) is 0 Å². The highest BCUT2D eigenvalue weighted by atomic mass is 32.2. The summed E-state index contributed by atoms with van der Waals surface area (Å²) in [6.45, 7) is 4.71. The van der Waals surface area contributed by atoms with Crippen LogP contribution in [-0.4, -0.2) is 53.1 Å². The molecule has 1 amide bonds. The van der Waals surface area contributed by atoms with Gasteiger partial charge in [0, 0.05) is 19.1 Å². The highest BCUT2D eigenvalue weighted by Crippen LogP contribution is 2.21. The second-order valence-electron chi connectivity index (χ2n) is 4.91. The Morgan fingerprint density at radius 2 is 2.25 bits per heavy atom.